The van der Waals surface area contributed by atoms with Crippen LogP contribution >= 0.6 is 0 Å². The number of hydrogen-bond acceptors (Lipinski definition) is 7. The predicted octanol–water partition coefficient (Wildman–Crippen LogP) is 3.93. The van der Waals surface area contributed by atoms with Crippen LogP contribution in [0.2, 0.25) is 0 Å². The van der Waals surface area contributed by atoms with Crippen molar-refractivity contribution in [1.82, 2.24) is 0 Å². The summed E-state index contributed by atoms with van der Waals surface area (Å²) < 4.78 is 10.4. The zero-order chi connectivity index (χ0) is 21.7. The first-order valence-corrected chi connectivity index (χ1v) is 8.81. The maximum atomic E-state index is 12.6. The van der Waals surface area contributed by atoms with Gasteiger partial charge in [-0.15, -0.1) is 0 Å². The molecular formula is C23H18O7. The lowest BCUT2D eigenvalue weighted by atomic mass is 10.1. The molecule has 0 amide bonds. The Morgan fingerprint density at radius 2 is 1.60 bits per heavy atom. The maximum absolute atomic E-state index is 12.6. The molecule has 0 heterocycles. The van der Waals surface area contributed by atoms with Gasteiger partial charge in [-0.05, 0) is 60.2 Å². The molecule has 0 atom stereocenters. The molecule has 7 nitrogen and oxygen atoms in total. The molecule has 0 aliphatic rings. The quantitative estimate of drug-likeness (QED) is 0.187. The van der Waals surface area contributed by atoms with Crippen molar-refractivity contribution in [2.75, 3.05) is 7.11 Å². The topological polar surface area (TPSA) is 113 Å². The van der Waals surface area contributed by atoms with Crippen LogP contribution in [0.15, 0.2) is 66.7 Å². The summed E-state index contributed by atoms with van der Waals surface area (Å²) in [7, 11) is 1.50. The Morgan fingerprint density at radius 3 is 2.27 bits per heavy atom. The highest BCUT2D eigenvalue weighted by atomic mass is 16.5. The van der Waals surface area contributed by atoms with Crippen LogP contribution in [0.25, 0.3) is 6.08 Å². The summed E-state index contributed by atoms with van der Waals surface area (Å²) in [6.07, 6.45) is 2.66. The minimum Gasteiger partial charge on any atom is -0.508 e. The zero-order valence-electron chi connectivity index (χ0n) is 15.9. The number of carbonyl (C=O) groups is 2. The van der Waals surface area contributed by atoms with Crippen molar-refractivity contribution in [3.05, 3.63) is 83.4 Å². The number of ether oxygens (including phenoxy) is 2. The molecule has 0 radical (unpaired) electrons. The van der Waals surface area contributed by atoms with Gasteiger partial charge in [-0.25, -0.2) is 4.79 Å². The van der Waals surface area contributed by atoms with Crippen LogP contribution < -0.4 is 9.47 Å². The van der Waals surface area contributed by atoms with E-state index >= 15 is 0 Å². The molecule has 3 aromatic rings. The van der Waals surface area contributed by atoms with Crippen molar-refractivity contribution >= 4 is 17.8 Å². The Morgan fingerprint density at radius 1 is 0.867 bits per heavy atom. The molecule has 0 saturated heterocycles. The van der Waals surface area contributed by atoms with Crippen molar-refractivity contribution in [2.45, 2.75) is 0 Å². The number of hydrogen-bond donors (Lipinski definition) is 3. The van der Waals surface area contributed by atoms with Crippen LogP contribution in [-0.2, 0) is 0 Å². The average Bonchev–Trinajstić information content (AvgIpc) is 2.74. The summed E-state index contributed by atoms with van der Waals surface area (Å²) in [6, 6.07) is 14.1. The molecule has 0 saturated carbocycles. The van der Waals surface area contributed by atoms with Gasteiger partial charge in [-0.1, -0.05) is 12.1 Å². The van der Waals surface area contributed by atoms with Crippen molar-refractivity contribution < 1.29 is 34.4 Å². The van der Waals surface area contributed by atoms with Crippen LogP contribution in [-0.4, -0.2) is 34.2 Å². The first-order chi connectivity index (χ1) is 14.4. The van der Waals surface area contributed by atoms with Gasteiger partial charge in [0.1, 0.15) is 17.2 Å². The highest BCUT2D eigenvalue weighted by molar-refractivity contribution is 6.09. The smallest absolute Gasteiger partial charge is 0.343 e. The first-order valence-electron chi connectivity index (χ1n) is 8.81. The Balaban J connectivity index is 1.83. The van der Waals surface area contributed by atoms with E-state index in [0.29, 0.717) is 11.3 Å². The fourth-order valence-electron chi connectivity index (χ4n) is 2.59. The van der Waals surface area contributed by atoms with Crippen molar-refractivity contribution in [1.29, 1.82) is 0 Å². The predicted molar refractivity (Wildman–Crippen MR) is 109 cm³/mol. The van der Waals surface area contributed by atoms with Gasteiger partial charge in [0.2, 0.25) is 0 Å². The third-order valence-electron chi connectivity index (χ3n) is 4.19. The lowest BCUT2D eigenvalue weighted by molar-refractivity contribution is 0.0733. The summed E-state index contributed by atoms with van der Waals surface area (Å²) >= 11 is 0. The largest absolute Gasteiger partial charge is 0.508 e. The standard InChI is InChI=1S/C23H18O7/c1-29-17-7-4-15(5-8-17)23(28)30-22-13-16(24)6-9-18(22)19(25)10-2-14-3-11-20(26)21(27)12-14/h2-13,24,26-27H,1H3. The fourth-order valence-corrected chi connectivity index (χ4v) is 2.59. The number of esters is 1. The maximum Gasteiger partial charge on any atom is 0.343 e. The summed E-state index contributed by atoms with van der Waals surface area (Å²) in [6.45, 7) is 0. The molecule has 3 N–H and O–H groups in total. The SMILES string of the molecule is COc1ccc(C(=O)Oc2cc(O)ccc2C(=O)C=Cc2ccc(O)c(O)c2)cc1. The third-order valence-corrected chi connectivity index (χ3v) is 4.19. The minimum absolute atomic E-state index is 0.0638. The number of carbonyl (C=O) groups excluding carboxylic acids is 2. The Hall–Kier alpha value is -4.26. The van der Waals surface area contributed by atoms with Gasteiger partial charge in [0.25, 0.3) is 0 Å². The molecule has 0 fully saturated rings. The van der Waals surface area contributed by atoms with Crippen LogP contribution in [0.1, 0.15) is 26.3 Å². The molecule has 3 aromatic carbocycles. The monoisotopic (exact) mass is 406 g/mol. The van der Waals surface area contributed by atoms with Gasteiger partial charge in [0.05, 0.1) is 18.2 Å². The fraction of sp³-hybridized carbons (Fsp3) is 0.0435. The van der Waals surface area contributed by atoms with E-state index in [4.69, 9.17) is 9.47 Å². The van der Waals surface area contributed by atoms with Gasteiger partial charge >= 0.3 is 5.97 Å². The third kappa shape index (κ3) is 4.77. The zero-order valence-corrected chi connectivity index (χ0v) is 15.9. The van der Waals surface area contributed by atoms with E-state index in [0.717, 1.165) is 0 Å². The van der Waals surface area contributed by atoms with Crippen LogP contribution in [0.5, 0.6) is 28.7 Å². The molecule has 3 rings (SSSR count). The van der Waals surface area contributed by atoms with Crippen LogP contribution in [0, 0.1) is 0 Å². The van der Waals surface area contributed by atoms with Gasteiger partial charge in [0.15, 0.2) is 17.3 Å². The van der Waals surface area contributed by atoms with Gasteiger partial charge in [-0.3, -0.25) is 4.79 Å². The molecule has 152 valence electrons. The lowest BCUT2D eigenvalue weighted by Gasteiger charge is -2.09. The second kappa shape index (κ2) is 8.83. The number of rotatable bonds is 6. The highest BCUT2D eigenvalue weighted by Gasteiger charge is 2.16. The number of allylic oxidation sites excluding steroid dienone is 1. The van der Waals surface area contributed by atoms with Gasteiger partial charge in [-0.2, -0.15) is 0 Å². The second-order valence-corrected chi connectivity index (χ2v) is 6.24. The Labute approximate surface area is 172 Å². The van der Waals surface area contributed by atoms with Crippen molar-refractivity contribution in [3.63, 3.8) is 0 Å². The molecule has 7 heteroatoms. The molecular weight excluding hydrogens is 388 g/mol. The number of ketones is 1. The average molecular weight is 406 g/mol. The molecule has 30 heavy (non-hydrogen) atoms. The number of aromatic hydroxyl groups is 3. The van der Waals surface area contributed by atoms with Gasteiger partial charge < -0.3 is 24.8 Å². The van der Waals surface area contributed by atoms with Crippen LogP contribution in [0.3, 0.4) is 0 Å². The second-order valence-electron chi connectivity index (χ2n) is 6.24. The molecule has 0 aliphatic carbocycles. The van der Waals surface area contributed by atoms with Crippen molar-refractivity contribution in [3.8, 4) is 28.7 Å². The Bertz CT molecular complexity index is 1110. The first kappa shape index (κ1) is 20.5. The highest BCUT2D eigenvalue weighted by Crippen LogP contribution is 2.28. The van der Waals surface area contributed by atoms with E-state index in [-0.39, 0.29) is 34.1 Å². The number of phenolic OH excluding ortho intramolecular Hbond substituents is 3. The van der Waals surface area contributed by atoms with Crippen LogP contribution in [0.4, 0.5) is 0 Å². The normalized spacial score (nSPS) is 10.7. The lowest BCUT2D eigenvalue weighted by Crippen LogP contribution is -2.11. The van der Waals surface area contributed by atoms with E-state index in [1.165, 1.54) is 67.8 Å². The molecule has 0 spiro atoms. The summed E-state index contributed by atoms with van der Waals surface area (Å²) in [5, 5.41) is 28.6. The van der Waals surface area contributed by atoms with E-state index in [1.54, 1.807) is 12.1 Å². The summed E-state index contributed by atoms with van der Waals surface area (Å²) in [5.74, 6) is -1.47. The van der Waals surface area contributed by atoms with E-state index < -0.39 is 11.8 Å². The Kier molecular flexibility index (Phi) is 6.03. The molecule has 0 bridgehead atoms. The molecule has 0 aliphatic heterocycles. The summed E-state index contributed by atoms with van der Waals surface area (Å²) in [5.41, 5.74) is 0.788. The number of benzene rings is 3. The minimum atomic E-state index is -0.704. The van der Waals surface area contributed by atoms with Crippen molar-refractivity contribution in [2.24, 2.45) is 0 Å². The van der Waals surface area contributed by atoms with Gasteiger partial charge in [0, 0.05) is 6.07 Å². The van der Waals surface area contributed by atoms with E-state index in [9.17, 15) is 24.9 Å². The number of phenols is 3. The molecule has 0 aromatic heterocycles. The van der Waals surface area contributed by atoms with E-state index in [2.05, 4.69) is 0 Å². The molecule has 0 unspecified atom stereocenters. The number of methoxy groups -OCH3 is 1. The summed E-state index contributed by atoms with van der Waals surface area (Å²) in [4.78, 5) is 25.0. The van der Waals surface area contributed by atoms with E-state index in [1.807, 2.05) is 0 Å².